The summed E-state index contributed by atoms with van der Waals surface area (Å²) in [5.41, 5.74) is 1.92. The highest BCUT2D eigenvalue weighted by molar-refractivity contribution is 5.94. The largest absolute Gasteiger partial charge is 0.348 e. The van der Waals surface area contributed by atoms with Crippen molar-refractivity contribution >= 4 is 5.91 Å². The smallest absolute Gasteiger partial charge is 0.253 e. The second-order valence-corrected chi connectivity index (χ2v) is 6.89. The van der Waals surface area contributed by atoms with Gasteiger partial charge in [0, 0.05) is 37.6 Å². The second kappa shape index (κ2) is 5.76. The SMILES string of the molecule is CC(C)N1C[C@@H](C)[C@@H](NC(=O)c2cncc(C3CC3)c2)C1. The maximum absolute atomic E-state index is 12.4. The Morgan fingerprint density at radius 2 is 2.10 bits per heavy atom. The summed E-state index contributed by atoms with van der Waals surface area (Å²) in [6.45, 7) is 8.63. The maximum atomic E-state index is 12.4. The average Bonchev–Trinajstić information content (AvgIpc) is 3.24. The Balaban J connectivity index is 1.64. The number of likely N-dealkylation sites (tertiary alicyclic amines) is 1. The van der Waals surface area contributed by atoms with Crippen LogP contribution in [0.5, 0.6) is 0 Å². The Morgan fingerprint density at radius 1 is 1.33 bits per heavy atom. The summed E-state index contributed by atoms with van der Waals surface area (Å²) in [5.74, 6) is 1.15. The highest BCUT2D eigenvalue weighted by Crippen LogP contribution is 2.39. The van der Waals surface area contributed by atoms with E-state index in [9.17, 15) is 4.79 Å². The maximum Gasteiger partial charge on any atom is 0.253 e. The zero-order valence-electron chi connectivity index (χ0n) is 13.2. The second-order valence-electron chi connectivity index (χ2n) is 6.89. The van der Waals surface area contributed by atoms with E-state index in [2.05, 4.69) is 36.0 Å². The Hall–Kier alpha value is -1.42. The van der Waals surface area contributed by atoms with Gasteiger partial charge >= 0.3 is 0 Å². The quantitative estimate of drug-likeness (QED) is 0.925. The molecule has 2 atom stereocenters. The van der Waals surface area contributed by atoms with E-state index in [4.69, 9.17) is 0 Å². The van der Waals surface area contributed by atoms with E-state index in [-0.39, 0.29) is 11.9 Å². The molecule has 0 spiro atoms. The van der Waals surface area contributed by atoms with Crippen molar-refractivity contribution in [3.8, 4) is 0 Å². The Morgan fingerprint density at radius 3 is 2.71 bits per heavy atom. The van der Waals surface area contributed by atoms with Crippen LogP contribution in [-0.2, 0) is 0 Å². The molecule has 1 aromatic heterocycles. The van der Waals surface area contributed by atoms with Gasteiger partial charge in [0.05, 0.1) is 5.56 Å². The molecule has 1 aromatic rings. The normalized spacial score (nSPS) is 26.3. The zero-order valence-corrected chi connectivity index (χ0v) is 13.2. The number of amides is 1. The molecule has 1 saturated carbocycles. The van der Waals surface area contributed by atoms with Crippen LogP contribution in [0, 0.1) is 5.92 Å². The third-order valence-electron chi connectivity index (χ3n) is 4.76. The minimum absolute atomic E-state index is 0.0208. The van der Waals surface area contributed by atoms with Crippen LogP contribution in [0.15, 0.2) is 18.5 Å². The van der Waals surface area contributed by atoms with Gasteiger partial charge in [0.2, 0.25) is 0 Å². The Kier molecular flexibility index (Phi) is 3.98. The number of pyridine rings is 1. The molecule has 21 heavy (non-hydrogen) atoms. The summed E-state index contributed by atoms with van der Waals surface area (Å²) in [5, 5.41) is 3.20. The number of carbonyl (C=O) groups is 1. The molecule has 1 aliphatic heterocycles. The van der Waals surface area contributed by atoms with Crippen molar-refractivity contribution in [3.05, 3.63) is 29.6 Å². The van der Waals surface area contributed by atoms with E-state index < -0.39 is 0 Å². The number of hydrogen-bond acceptors (Lipinski definition) is 3. The lowest BCUT2D eigenvalue weighted by molar-refractivity contribution is 0.0930. The molecule has 1 saturated heterocycles. The number of hydrogen-bond donors (Lipinski definition) is 1. The van der Waals surface area contributed by atoms with E-state index in [0.29, 0.717) is 23.4 Å². The average molecular weight is 287 g/mol. The van der Waals surface area contributed by atoms with Crippen molar-refractivity contribution in [1.82, 2.24) is 15.2 Å². The van der Waals surface area contributed by atoms with Gasteiger partial charge < -0.3 is 5.32 Å². The summed E-state index contributed by atoms with van der Waals surface area (Å²) in [6.07, 6.45) is 6.04. The molecule has 3 rings (SSSR count). The molecule has 0 aromatic carbocycles. The van der Waals surface area contributed by atoms with Gasteiger partial charge in [-0.05, 0) is 50.2 Å². The van der Waals surface area contributed by atoms with Gasteiger partial charge in [0.1, 0.15) is 0 Å². The highest BCUT2D eigenvalue weighted by Gasteiger charge is 2.32. The molecule has 0 radical (unpaired) electrons. The molecule has 2 aliphatic rings. The van der Waals surface area contributed by atoms with Crippen LogP contribution >= 0.6 is 0 Å². The molecule has 0 bridgehead atoms. The first-order valence-corrected chi connectivity index (χ1v) is 8.04. The van der Waals surface area contributed by atoms with Gasteiger partial charge in [-0.25, -0.2) is 0 Å². The molecule has 0 unspecified atom stereocenters. The van der Waals surface area contributed by atoms with E-state index in [1.165, 1.54) is 18.4 Å². The monoisotopic (exact) mass is 287 g/mol. The third-order valence-corrected chi connectivity index (χ3v) is 4.76. The number of aromatic nitrogens is 1. The van der Waals surface area contributed by atoms with Crippen molar-refractivity contribution in [2.45, 2.75) is 51.6 Å². The Labute approximate surface area is 126 Å². The molecule has 4 heteroatoms. The topological polar surface area (TPSA) is 45.2 Å². The molecule has 1 N–H and O–H groups in total. The van der Waals surface area contributed by atoms with Crippen LogP contribution in [0.25, 0.3) is 0 Å². The van der Waals surface area contributed by atoms with Gasteiger partial charge in [-0.3, -0.25) is 14.7 Å². The minimum atomic E-state index is 0.0208. The van der Waals surface area contributed by atoms with Crippen molar-refractivity contribution in [1.29, 1.82) is 0 Å². The van der Waals surface area contributed by atoms with E-state index >= 15 is 0 Å². The van der Waals surface area contributed by atoms with Gasteiger partial charge in [-0.1, -0.05) is 6.92 Å². The van der Waals surface area contributed by atoms with Crippen molar-refractivity contribution < 1.29 is 4.79 Å². The van der Waals surface area contributed by atoms with Crippen LogP contribution in [-0.4, -0.2) is 41.0 Å². The molecule has 1 amide bonds. The molecular weight excluding hydrogens is 262 g/mol. The molecule has 4 nitrogen and oxygen atoms in total. The van der Waals surface area contributed by atoms with Crippen LogP contribution in [0.2, 0.25) is 0 Å². The van der Waals surface area contributed by atoms with Crippen LogP contribution in [0.4, 0.5) is 0 Å². The summed E-state index contributed by atoms with van der Waals surface area (Å²) < 4.78 is 0. The van der Waals surface area contributed by atoms with Gasteiger partial charge in [-0.15, -0.1) is 0 Å². The van der Waals surface area contributed by atoms with Crippen molar-refractivity contribution in [2.75, 3.05) is 13.1 Å². The molecule has 2 fully saturated rings. The van der Waals surface area contributed by atoms with E-state index in [1.807, 2.05) is 12.3 Å². The predicted octanol–water partition coefficient (Wildman–Crippen LogP) is 2.42. The standard InChI is InChI=1S/C17H25N3O/c1-11(2)20-9-12(3)16(10-20)19-17(21)15-6-14(7-18-8-15)13-4-5-13/h6-8,11-13,16H,4-5,9-10H2,1-3H3,(H,19,21)/t12-,16+/m1/s1. The molecule has 114 valence electrons. The zero-order chi connectivity index (χ0) is 15.0. The molecule has 2 heterocycles. The van der Waals surface area contributed by atoms with E-state index in [1.54, 1.807) is 6.20 Å². The van der Waals surface area contributed by atoms with Crippen LogP contribution < -0.4 is 5.32 Å². The first-order valence-electron chi connectivity index (χ1n) is 8.04. The number of carbonyl (C=O) groups excluding carboxylic acids is 1. The lowest BCUT2D eigenvalue weighted by Gasteiger charge is -2.20. The first-order chi connectivity index (χ1) is 10.0. The summed E-state index contributed by atoms with van der Waals surface area (Å²) >= 11 is 0. The van der Waals surface area contributed by atoms with Crippen LogP contribution in [0.1, 0.15) is 55.5 Å². The fourth-order valence-electron chi connectivity index (χ4n) is 3.09. The highest BCUT2D eigenvalue weighted by atomic mass is 16.1. The van der Waals surface area contributed by atoms with Crippen molar-refractivity contribution in [2.24, 2.45) is 5.92 Å². The predicted molar refractivity (Wildman–Crippen MR) is 83.3 cm³/mol. The molecular formula is C17H25N3O. The van der Waals surface area contributed by atoms with Crippen LogP contribution in [0.3, 0.4) is 0 Å². The number of rotatable bonds is 4. The van der Waals surface area contributed by atoms with Crippen molar-refractivity contribution in [3.63, 3.8) is 0 Å². The van der Waals surface area contributed by atoms with Gasteiger partial charge in [0.25, 0.3) is 5.91 Å². The Bertz CT molecular complexity index is 525. The third kappa shape index (κ3) is 3.26. The lowest BCUT2D eigenvalue weighted by Crippen LogP contribution is -2.40. The number of nitrogens with one attached hydrogen (secondary N) is 1. The van der Waals surface area contributed by atoms with E-state index in [0.717, 1.165) is 13.1 Å². The summed E-state index contributed by atoms with van der Waals surface area (Å²) in [4.78, 5) is 19.1. The first kappa shape index (κ1) is 14.5. The number of nitrogens with zero attached hydrogens (tertiary/aromatic N) is 2. The van der Waals surface area contributed by atoms with Gasteiger partial charge in [-0.2, -0.15) is 0 Å². The summed E-state index contributed by atoms with van der Waals surface area (Å²) in [6, 6.07) is 2.79. The minimum Gasteiger partial charge on any atom is -0.348 e. The summed E-state index contributed by atoms with van der Waals surface area (Å²) in [7, 11) is 0. The lowest BCUT2D eigenvalue weighted by atomic mass is 10.1. The fourth-order valence-corrected chi connectivity index (χ4v) is 3.09. The van der Waals surface area contributed by atoms with Gasteiger partial charge in [0.15, 0.2) is 0 Å². The molecule has 1 aliphatic carbocycles. The fraction of sp³-hybridized carbons (Fsp3) is 0.647.